The van der Waals surface area contributed by atoms with Crippen LogP contribution in [-0.2, 0) is 11.3 Å². The number of anilines is 1. The molecule has 0 fully saturated rings. The predicted octanol–water partition coefficient (Wildman–Crippen LogP) is 4.74. The molecule has 4 aromatic rings. The normalized spacial score (nSPS) is 10.9. The van der Waals surface area contributed by atoms with Gasteiger partial charge in [-0.1, -0.05) is 23.7 Å². The second-order valence-electron chi connectivity index (χ2n) is 7.04. The largest absolute Gasteiger partial charge is 0.493 e. The third-order valence-electron chi connectivity index (χ3n) is 5.11. The van der Waals surface area contributed by atoms with Gasteiger partial charge in [0.2, 0.25) is 5.91 Å². The highest BCUT2D eigenvalue weighted by atomic mass is 35.5. The van der Waals surface area contributed by atoms with Crippen molar-refractivity contribution >= 4 is 44.7 Å². The van der Waals surface area contributed by atoms with Gasteiger partial charge in [-0.3, -0.25) is 14.2 Å². The van der Waals surface area contributed by atoms with E-state index in [-0.39, 0.29) is 18.0 Å². The van der Waals surface area contributed by atoms with E-state index in [1.807, 2.05) is 24.4 Å². The van der Waals surface area contributed by atoms with Crippen LogP contribution in [0.1, 0.15) is 5.56 Å². The molecule has 32 heavy (non-hydrogen) atoms. The maximum atomic E-state index is 13.2. The van der Waals surface area contributed by atoms with Crippen LogP contribution in [0.15, 0.2) is 52.9 Å². The highest BCUT2D eigenvalue weighted by molar-refractivity contribution is 7.17. The van der Waals surface area contributed by atoms with Gasteiger partial charge in [0.1, 0.15) is 11.4 Å². The Kier molecular flexibility index (Phi) is 6.16. The molecule has 0 aliphatic heterocycles. The zero-order chi connectivity index (χ0) is 22.8. The molecule has 0 unspecified atom stereocenters. The predicted molar refractivity (Wildman–Crippen MR) is 127 cm³/mol. The van der Waals surface area contributed by atoms with Gasteiger partial charge in [0.25, 0.3) is 5.56 Å². The van der Waals surface area contributed by atoms with Crippen molar-refractivity contribution in [3.8, 4) is 22.6 Å². The van der Waals surface area contributed by atoms with Gasteiger partial charge in [0.15, 0.2) is 11.5 Å². The Balaban J connectivity index is 1.68. The first-order valence-electron chi connectivity index (χ1n) is 9.67. The van der Waals surface area contributed by atoms with Crippen LogP contribution < -0.4 is 20.3 Å². The third kappa shape index (κ3) is 4.06. The molecule has 0 aliphatic carbocycles. The fourth-order valence-corrected chi connectivity index (χ4v) is 4.46. The minimum atomic E-state index is -0.346. The average molecular weight is 470 g/mol. The zero-order valence-corrected chi connectivity index (χ0v) is 19.2. The number of ether oxygens (including phenoxy) is 2. The van der Waals surface area contributed by atoms with Crippen LogP contribution in [0.5, 0.6) is 11.5 Å². The highest BCUT2D eigenvalue weighted by Crippen LogP contribution is 2.36. The van der Waals surface area contributed by atoms with Crippen molar-refractivity contribution in [1.82, 2.24) is 9.55 Å². The van der Waals surface area contributed by atoms with Crippen LogP contribution in [0.2, 0.25) is 5.02 Å². The minimum Gasteiger partial charge on any atom is -0.493 e. The van der Waals surface area contributed by atoms with Gasteiger partial charge in [-0.25, -0.2) is 4.98 Å². The summed E-state index contributed by atoms with van der Waals surface area (Å²) in [6.45, 7) is 1.65. The second-order valence-corrected chi connectivity index (χ2v) is 8.30. The lowest BCUT2D eigenvalue weighted by atomic mass is 10.1. The summed E-state index contributed by atoms with van der Waals surface area (Å²) in [5.74, 6) is 0.811. The molecule has 4 rings (SSSR count). The van der Waals surface area contributed by atoms with E-state index in [1.54, 1.807) is 38.5 Å². The van der Waals surface area contributed by atoms with E-state index in [0.717, 1.165) is 16.7 Å². The number of hydrogen-bond acceptors (Lipinski definition) is 6. The topological polar surface area (TPSA) is 82.5 Å². The van der Waals surface area contributed by atoms with Crippen molar-refractivity contribution in [3.63, 3.8) is 0 Å². The molecule has 0 bridgehead atoms. The van der Waals surface area contributed by atoms with Crippen LogP contribution in [-0.4, -0.2) is 29.7 Å². The van der Waals surface area contributed by atoms with Crippen LogP contribution in [0, 0.1) is 6.92 Å². The smallest absolute Gasteiger partial charge is 0.263 e. The van der Waals surface area contributed by atoms with Gasteiger partial charge in [0.05, 0.1) is 25.9 Å². The molecule has 2 aromatic heterocycles. The number of nitrogens with zero attached hydrogens (tertiary/aromatic N) is 2. The molecular weight excluding hydrogens is 450 g/mol. The quantitative estimate of drug-likeness (QED) is 0.441. The Morgan fingerprint density at radius 3 is 2.72 bits per heavy atom. The van der Waals surface area contributed by atoms with Crippen molar-refractivity contribution in [2.45, 2.75) is 13.5 Å². The fraction of sp³-hybridized carbons (Fsp3) is 0.174. The molecule has 164 valence electrons. The number of nitrogens with one attached hydrogen (secondary N) is 1. The van der Waals surface area contributed by atoms with E-state index in [9.17, 15) is 9.59 Å². The van der Waals surface area contributed by atoms with Crippen molar-refractivity contribution in [3.05, 3.63) is 69.0 Å². The zero-order valence-electron chi connectivity index (χ0n) is 17.6. The Labute approximate surface area is 193 Å². The van der Waals surface area contributed by atoms with Gasteiger partial charge < -0.3 is 14.8 Å². The number of hydrogen-bond donors (Lipinski definition) is 1. The summed E-state index contributed by atoms with van der Waals surface area (Å²) in [5.41, 5.74) is 2.59. The molecule has 9 heteroatoms. The summed E-state index contributed by atoms with van der Waals surface area (Å²) >= 11 is 7.49. The van der Waals surface area contributed by atoms with Crippen molar-refractivity contribution in [2.24, 2.45) is 0 Å². The first kappa shape index (κ1) is 21.9. The van der Waals surface area contributed by atoms with Gasteiger partial charge in [-0.15, -0.1) is 11.3 Å². The Morgan fingerprint density at radius 2 is 1.97 bits per heavy atom. The van der Waals surface area contributed by atoms with Crippen LogP contribution in [0.25, 0.3) is 21.3 Å². The number of carbonyl (C=O) groups excluding carboxylic acids is 1. The van der Waals surface area contributed by atoms with E-state index in [1.165, 1.54) is 22.2 Å². The minimum absolute atomic E-state index is 0.172. The van der Waals surface area contributed by atoms with Crippen molar-refractivity contribution in [2.75, 3.05) is 19.5 Å². The fourth-order valence-electron chi connectivity index (χ4n) is 3.38. The van der Waals surface area contributed by atoms with E-state index in [0.29, 0.717) is 32.4 Å². The standard InChI is InChI=1S/C23H20ClN3O4S/c1-13-16(24)5-4-6-17(13)26-20(28)10-27-12-25-22-21(23(27)29)15(11-32-22)14-7-8-18(30-2)19(9-14)31-3/h4-9,11-12H,10H2,1-3H3,(H,26,28). The Hall–Kier alpha value is -3.36. The van der Waals surface area contributed by atoms with Gasteiger partial charge in [-0.2, -0.15) is 0 Å². The van der Waals surface area contributed by atoms with Crippen molar-refractivity contribution < 1.29 is 14.3 Å². The number of carbonyl (C=O) groups is 1. The number of methoxy groups -OCH3 is 2. The summed E-state index contributed by atoms with van der Waals surface area (Å²) in [7, 11) is 3.12. The first-order valence-corrected chi connectivity index (χ1v) is 10.9. The van der Waals surface area contributed by atoms with E-state index < -0.39 is 0 Å². The maximum absolute atomic E-state index is 13.2. The lowest BCUT2D eigenvalue weighted by Gasteiger charge is -2.11. The summed E-state index contributed by atoms with van der Waals surface area (Å²) in [6.07, 6.45) is 1.39. The first-order chi connectivity index (χ1) is 15.4. The molecule has 0 atom stereocenters. The molecule has 0 saturated carbocycles. The van der Waals surface area contributed by atoms with Crippen molar-refractivity contribution in [1.29, 1.82) is 0 Å². The molecular formula is C23H20ClN3O4S. The molecule has 0 aliphatic rings. The van der Waals surface area contributed by atoms with Gasteiger partial charge in [0, 0.05) is 21.7 Å². The van der Waals surface area contributed by atoms with Crippen LogP contribution >= 0.6 is 22.9 Å². The monoisotopic (exact) mass is 469 g/mol. The van der Waals surface area contributed by atoms with Gasteiger partial charge in [-0.05, 0) is 42.3 Å². The maximum Gasteiger partial charge on any atom is 0.263 e. The van der Waals surface area contributed by atoms with E-state index in [2.05, 4.69) is 10.3 Å². The number of halogens is 1. The number of thiophene rings is 1. The third-order valence-corrected chi connectivity index (χ3v) is 6.41. The number of benzene rings is 2. The summed E-state index contributed by atoms with van der Waals surface area (Å²) in [4.78, 5) is 30.8. The SMILES string of the molecule is COc1ccc(-c2csc3ncn(CC(=O)Nc4cccc(Cl)c4C)c(=O)c23)cc1OC. The summed E-state index contributed by atoms with van der Waals surface area (Å²) < 4.78 is 12.0. The molecule has 0 saturated heterocycles. The molecule has 1 amide bonds. The number of aromatic nitrogens is 2. The van der Waals surface area contributed by atoms with E-state index >= 15 is 0 Å². The molecule has 2 aromatic carbocycles. The highest BCUT2D eigenvalue weighted by Gasteiger charge is 2.17. The van der Waals surface area contributed by atoms with E-state index in [4.69, 9.17) is 21.1 Å². The number of rotatable bonds is 6. The Bertz CT molecular complexity index is 1380. The van der Waals surface area contributed by atoms with Crippen LogP contribution in [0.3, 0.4) is 0 Å². The summed E-state index contributed by atoms with van der Waals surface area (Å²) in [6, 6.07) is 10.7. The molecule has 0 spiro atoms. The van der Waals surface area contributed by atoms with Gasteiger partial charge >= 0.3 is 0 Å². The van der Waals surface area contributed by atoms with Crippen LogP contribution in [0.4, 0.5) is 5.69 Å². The Morgan fingerprint density at radius 1 is 1.19 bits per heavy atom. The lowest BCUT2D eigenvalue weighted by Crippen LogP contribution is -2.28. The average Bonchev–Trinajstić information content (AvgIpc) is 3.23. The molecule has 0 radical (unpaired) electrons. The number of amides is 1. The molecule has 7 nitrogen and oxygen atoms in total. The second kappa shape index (κ2) is 9.02. The lowest BCUT2D eigenvalue weighted by molar-refractivity contribution is -0.116. The number of fused-ring (bicyclic) bond motifs is 1. The molecule has 2 heterocycles. The molecule has 1 N–H and O–H groups in total. The summed E-state index contributed by atoms with van der Waals surface area (Å²) in [5, 5.41) is 5.69.